The molecule has 1 saturated heterocycles. The Kier molecular flexibility index (Phi) is 21.0. The van der Waals surface area contributed by atoms with Crippen LogP contribution >= 0.6 is 0 Å². The van der Waals surface area contributed by atoms with E-state index in [9.17, 15) is 4.79 Å². The summed E-state index contributed by atoms with van der Waals surface area (Å²) < 4.78 is 0. The van der Waals surface area contributed by atoms with Crippen molar-refractivity contribution >= 4 is 5.91 Å². The summed E-state index contributed by atoms with van der Waals surface area (Å²) in [6.07, 6.45) is 3.20. The minimum absolute atomic E-state index is 0.0897. The Labute approximate surface area is 146 Å². The molecule has 1 fully saturated rings. The van der Waals surface area contributed by atoms with Gasteiger partial charge in [-0.2, -0.15) is 0 Å². The Bertz CT molecular complexity index is 247. The highest BCUT2D eigenvalue weighted by atomic mass is 16.1. The Morgan fingerprint density at radius 2 is 1.52 bits per heavy atom. The van der Waals surface area contributed by atoms with Crippen LogP contribution in [0.2, 0.25) is 0 Å². The average molecular weight is 332 g/mol. The molecule has 3 N–H and O–H groups in total. The number of hydrogen-bond donors (Lipinski definition) is 2. The smallest absolute Gasteiger partial charge is 0.217 e. The molecular formula is C19H45N3O. The second-order valence-electron chi connectivity index (χ2n) is 5.95. The molecule has 0 bridgehead atoms. The first-order valence-corrected chi connectivity index (χ1v) is 9.62. The lowest BCUT2D eigenvalue weighted by Crippen LogP contribution is -2.46. The number of carbonyl (C=O) groups is 1. The Hall–Kier alpha value is -0.610. The normalized spacial score (nSPS) is 15.0. The van der Waals surface area contributed by atoms with Crippen LogP contribution in [0.25, 0.3) is 0 Å². The van der Waals surface area contributed by atoms with Gasteiger partial charge in [0.15, 0.2) is 0 Å². The summed E-state index contributed by atoms with van der Waals surface area (Å²) in [5.41, 5.74) is 5.93. The maximum Gasteiger partial charge on any atom is 0.217 e. The first-order chi connectivity index (χ1) is 10.9. The van der Waals surface area contributed by atoms with Crippen molar-refractivity contribution in [2.24, 2.45) is 11.1 Å². The van der Waals surface area contributed by atoms with Gasteiger partial charge < -0.3 is 16.0 Å². The van der Waals surface area contributed by atoms with E-state index in [2.05, 4.69) is 24.1 Å². The summed E-state index contributed by atoms with van der Waals surface area (Å²) in [6.45, 7) is 22.2. The van der Waals surface area contributed by atoms with E-state index in [1.165, 1.54) is 0 Å². The highest BCUT2D eigenvalue weighted by Gasteiger charge is 2.25. The minimum atomic E-state index is 0.0897. The van der Waals surface area contributed by atoms with Crippen LogP contribution in [-0.2, 0) is 4.79 Å². The molecule has 0 aliphatic carbocycles. The number of nitrogens with zero attached hydrogens (tertiary/aromatic N) is 1. The molecule has 4 heteroatoms. The Morgan fingerprint density at radius 1 is 1.09 bits per heavy atom. The van der Waals surface area contributed by atoms with Gasteiger partial charge in [0.1, 0.15) is 0 Å². The van der Waals surface area contributed by atoms with Gasteiger partial charge >= 0.3 is 0 Å². The second-order valence-corrected chi connectivity index (χ2v) is 5.95. The van der Waals surface area contributed by atoms with E-state index in [4.69, 9.17) is 5.73 Å². The van der Waals surface area contributed by atoms with Crippen LogP contribution in [0.3, 0.4) is 0 Å². The fraction of sp³-hybridized carbons (Fsp3) is 0.947. The molecule has 142 valence electrons. The van der Waals surface area contributed by atoms with E-state index in [0.717, 1.165) is 45.4 Å². The molecule has 1 aliphatic rings. The summed E-state index contributed by atoms with van der Waals surface area (Å²) in [5.74, 6) is 0.0897. The van der Waals surface area contributed by atoms with Gasteiger partial charge in [0.05, 0.1) is 0 Å². The molecule has 0 atom stereocenters. The van der Waals surface area contributed by atoms with Gasteiger partial charge in [0.25, 0.3) is 0 Å². The summed E-state index contributed by atoms with van der Waals surface area (Å²) in [5, 5.41) is 3.00. The SMILES string of the molecule is CC.CC.CC.CC(=O)NC1CCN(CC(C)(C)CCN)CC1. The van der Waals surface area contributed by atoms with E-state index < -0.39 is 0 Å². The molecule has 0 aromatic carbocycles. The molecule has 0 radical (unpaired) electrons. The quantitative estimate of drug-likeness (QED) is 0.799. The maximum atomic E-state index is 11.0. The molecule has 1 heterocycles. The molecule has 4 nitrogen and oxygen atoms in total. The van der Waals surface area contributed by atoms with Gasteiger partial charge in [-0.3, -0.25) is 4.79 Å². The molecule has 0 aromatic heterocycles. The average Bonchev–Trinajstić information content (AvgIpc) is 2.54. The largest absolute Gasteiger partial charge is 0.354 e. The molecule has 1 amide bonds. The van der Waals surface area contributed by atoms with Crippen molar-refractivity contribution in [1.82, 2.24) is 10.2 Å². The zero-order valence-corrected chi connectivity index (χ0v) is 17.5. The predicted octanol–water partition coefficient (Wildman–Crippen LogP) is 4.04. The minimum Gasteiger partial charge on any atom is -0.354 e. The lowest BCUT2D eigenvalue weighted by Gasteiger charge is -2.37. The third-order valence-electron chi connectivity index (χ3n) is 3.47. The van der Waals surface area contributed by atoms with Crippen molar-refractivity contribution in [3.8, 4) is 0 Å². The van der Waals surface area contributed by atoms with Crippen LogP contribution in [0.1, 0.15) is 81.6 Å². The van der Waals surface area contributed by atoms with Gasteiger partial charge in [-0.25, -0.2) is 0 Å². The van der Waals surface area contributed by atoms with Crippen LogP contribution in [0.15, 0.2) is 0 Å². The predicted molar refractivity (Wildman–Crippen MR) is 105 cm³/mol. The Balaban J connectivity index is -0.000000595. The van der Waals surface area contributed by atoms with E-state index in [-0.39, 0.29) is 5.91 Å². The Morgan fingerprint density at radius 3 is 1.87 bits per heavy atom. The molecule has 0 aromatic rings. The fourth-order valence-corrected chi connectivity index (χ4v) is 2.60. The van der Waals surface area contributed by atoms with Crippen molar-refractivity contribution in [3.05, 3.63) is 0 Å². The number of likely N-dealkylation sites (tertiary alicyclic amines) is 1. The lowest BCUT2D eigenvalue weighted by molar-refractivity contribution is -0.120. The van der Waals surface area contributed by atoms with Gasteiger partial charge in [-0.05, 0) is 31.2 Å². The van der Waals surface area contributed by atoms with Crippen LogP contribution in [0, 0.1) is 5.41 Å². The third kappa shape index (κ3) is 16.0. The van der Waals surface area contributed by atoms with Gasteiger partial charge in [0.2, 0.25) is 5.91 Å². The summed E-state index contributed by atoms with van der Waals surface area (Å²) in [7, 11) is 0. The lowest BCUT2D eigenvalue weighted by atomic mass is 9.88. The van der Waals surface area contributed by atoms with Crippen molar-refractivity contribution in [2.45, 2.75) is 87.6 Å². The van der Waals surface area contributed by atoms with Crippen LogP contribution in [-0.4, -0.2) is 43.0 Å². The summed E-state index contributed by atoms with van der Waals surface area (Å²) >= 11 is 0. The van der Waals surface area contributed by atoms with Gasteiger partial charge in [-0.15, -0.1) is 0 Å². The number of carbonyl (C=O) groups excluding carboxylic acids is 1. The molecule has 0 saturated carbocycles. The first-order valence-electron chi connectivity index (χ1n) is 9.62. The number of amides is 1. The van der Waals surface area contributed by atoms with Crippen LogP contribution in [0.5, 0.6) is 0 Å². The van der Waals surface area contributed by atoms with E-state index in [1.807, 2.05) is 41.5 Å². The fourth-order valence-electron chi connectivity index (χ4n) is 2.60. The van der Waals surface area contributed by atoms with E-state index in [1.54, 1.807) is 6.92 Å². The van der Waals surface area contributed by atoms with Gasteiger partial charge in [0, 0.05) is 32.6 Å². The second kappa shape index (κ2) is 17.7. The standard InChI is InChI=1S/C13H27N3O.3C2H6/c1-11(17)15-12-4-8-16(9-5-12)10-13(2,3)6-7-14;3*1-2/h12H,4-10,14H2,1-3H3,(H,15,17);3*1-2H3. The first kappa shape index (κ1) is 27.2. The molecule has 0 spiro atoms. The van der Waals surface area contributed by atoms with Crippen molar-refractivity contribution in [1.29, 1.82) is 0 Å². The highest BCUT2D eigenvalue weighted by Crippen LogP contribution is 2.23. The molecule has 1 aliphatic heterocycles. The highest BCUT2D eigenvalue weighted by molar-refractivity contribution is 5.73. The van der Waals surface area contributed by atoms with Crippen LogP contribution < -0.4 is 11.1 Å². The molecule has 23 heavy (non-hydrogen) atoms. The topological polar surface area (TPSA) is 58.4 Å². The number of nitrogens with one attached hydrogen (secondary N) is 1. The van der Waals surface area contributed by atoms with Crippen LogP contribution in [0.4, 0.5) is 0 Å². The third-order valence-corrected chi connectivity index (χ3v) is 3.47. The van der Waals surface area contributed by atoms with E-state index in [0.29, 0.717) is 11.5 Å². The zero-order chi connectivity index (χ0) is 18.9. The van der Waals surface area contributed by atoms with Crippen molar-refractivity contribution in [2.75, 3.05) is 26.2 Å². The number of piperidine rings is 1. The van der Waals surface area contributed by atoms with Gasteiger partial charge in [-0.1, -0.05) is 55.4 Å². The summed E-state index contributed by atoms with van der Waals surface area (Å²) in [6, 6.07) is 0.376. The van der Waals surface area contributed by atoms with Crippen molar-refractivity contribution in [3.63, 3.8) is 0 Å². The molecular weight excluding hydrogens is 286 g/mol. The maximum absolute atomic E-state index is 11.0. The number of hydrogen-bond acceptors (Lipinski definition) is 3. The number of nitrogens with two attached hydrogens (primary N) is 1. The van der Waals surface area contributed by atoms with E-state index >= 15 is 0 Å². The molecule has 1 rings (SSSR count). The summed E-state index contributed by atoms with van der Waals surface area (Å²) in [4.78, 5) is 13.5. The van der Waals surface area contributed by atoms with Crippen molar-refractivity contribution < 1.29 is 4.79 Å². The number of rotatable bonds is 5. The zero-order valence-electron chi connectivity index (χ0n) is 17.5. The molecule has 0 unspecified atom stereocenters. The monoisotopic (exact) mass is 331 g/mol.